The summed E-state index contributed by atoms with van der Waals surface area (Å²) in [4.78, 5) is 49.8. The number of para-hydroxylation sites is 1. The zero-order chi connectivity index (χ0) is 24.8. The summed E-state index contributed by atoms with van der Waals surface area (Å²) in [5.41, 5.74) is 2.51. The van der Waals surface area contributed by atoms with Crippen LogP contribution in [-0.4, -0.2) is 43.0 Å². The molecule has 1 atom stereocenters. The molecular weight excluding hydrogens is 442 g/mol. The number of nitrogens with zero attached hydrogens (tertiary/aromatic N) is 2. The van der Waals surface area contributed by atoms with Crippen LogP contribution < -0.4 is 15.0 Å². The molecule has 3 rings (SSSR count). The lowest BCUT2D eigenvalue weighted by atomic mass is 10.0. The Hall–Kier alpha value is -3.95. The molecule has 1 aliphatic heterocycles. The highest BCUT2D eigenvalue weighted by Crippen LogP contribution is 2.33. The van der Waals surface area contributed by atoms with E-state index in [0.29, 0.717) is 5.75 Å². The van der Waals surface area contributed by atoms with E-state index in [1.54, 1.807) is 4.90 Å². The van der Waals surface area contributed by atoms with Crippen molar-refractivity contribution in [1.29, 1.82) is 0 Å². The number of nitrogens with one attached hydrogen (secondary N) is 1. The summed E-state index contributed by atoms with van der Waals surface area (Å²) < 4.78 is 10.2. The van der Waals surface area contributed by atoms with Gasteiger partial charge < -0.3 is 19.7 Å². The van der Waals surface area contributed by atoms with E-state index in [-0.39, 0.29) is 30.2 Å². The number of benzene rings is 2. The molecule has 1 N–H and O–H groups in total. The molecular formula is C24H27N3O7. The van der Waals surface area contributed by atoms with Gasteiger partial charge in [0.25, 0.3) is 11.6 Å². The minimum Gasteiger partial charge on any atom is -0.497 e. The van der Waals surface area contributed by atoms with Crippen molar-refractivity contribution in [3.05, 3.63) is 57.6 Å². The summed E-state index contributed by atoms with van der Waals surface area (Å²) in [6.07, 6.45) is 1.49. The molecule has 10 nitrogen and oxygen atoms in total. The fraction of sp³-hybridized carbons (Fsp3) is 0.375. The average Bonchev–Trinajstić information content (AvgIpc) is 3.22. The molecule has 0 radical (unpaired) electrons. The maximum Gasteiger partial charge on any atom is 0.311 e. The van der Waals surface area contributed by atoms with Gasteiger partial charge in [0.2, 0.25) is 5.91 Å². The fourth-order valence-corrected chi connectivity index (χ4v) is 3.99. The van der Waals surface area contributed by atoms with Gasteiger partial charge in [0.15, 0.2) is 6.61 Å². The van der Waals surface area contributed by atoms with Gasteiger partial charge in [-0.1, -0.05) is 32.0 Å². The Labute approximate surface area is 197 Å². The Bertz CT molecular complexity index is 1090. The van der Waals surface area contributed by atoms with Crippen molar-refractivity contribution in [2.24, 2.45) is 5.92 Å². The molecule has 0 aliphatic carbocycles. The van der Waals surface area contributed by atoms with Crippen LogP contribution in [0.3, 0.4) is 0 Å². The number of nitro groups is 1. The van der Waals surface area contributed by atoms with Crippen LogP contribution in [0.1, 0.15) is 31.4 Å². The zero-order valence-corrected chi connectivity index (χ0v) is 19.3. The predicted molar refractivity (Wildman–Crippen MR) is 125 cm³/mol. The van der Waals surface area contributed by atoms with Crippen molar-refractivity contribution in [3.63, 3.8) is 0 Å². The first-order valence-corrected chi connectivity index (χ1v) is 11.0. The van der Waals surface area contributed by atoms with Gasteiger partial charge in [-0.3, -0.25) is 24.5 Å². The maximum absolute atomic E-state index is 12.7. The molecule has 1 aliphatic rings. The quantitative estimate of drug-likeness (QED) is 0.339. The number of aryl methyl sites for hydroxylation is 2. The van der Waals surface area contributed by atoms with Gasteiger partial charge >= 0.3 is 5.97 Å². The van der Waals surface area contributed by atoms with Crippen LogP contribution in [0.5, 0.6) is 5.75 Å². The smallest absolute Gasteiger partial charge is 0.311 e. The lowest BCUT2D eigenvalue weighted by Gasteiger charge is -2.23. The van der Waals surface area contributed by atoms with Crippen LogP contribution in [0.15, 0.2) is 36.4 Å². The standard InChI is InChI=1S/C24H27N3O7/c1-4-15-7-6-8-16(5-2)23(15)26-13-17(11-22(26)29)24(30)34-14-21(28)25-19-12-18(33-3)9-10-20(19)27(31)32/h6-10,12,17H,4-5,11,13-14H2,1-3H3,(H,25,28)/t17-/m1/s1. The largest absolute Gasteiger partial charge is 0.497 e. The van der Waals surface area contributed by atoms with Crippen molar-refractivity contribution < 1.29 is 28.8 Å². The van der Waals surface area contributed by atoms with Crippen molar-refractivity contribution in [3.8, 4) is 5.75 Å². The number of carbonyl (C=O) groups excluding carboxylic acids is 3. The second-order valence-corrected chi connectivity index (χ2v) is 7.83. The van der Waals surface area contributed by atoms with E-state index in [2.05, 4.69) is 5.32 Å². The second-order valence-electron chi connectivity index (χ2n) is 7.83. The van der Waals surface area contributed by atoms with Crippen LogP contribution in [-0.2, 0) is 32.0 Å². The first-order valence-electron chi connectivity index (χ1n) is 11.0. The molecule has 1 heterocycles. The molecule has 2 aromatic rings. The van der Waals surface area contributed by atoms with E-state index in [4.69, 9.17) is 9.47 Å². The lowest BCUT2D eigenvalue weighted by molar-refractivity contribution is -0.383. The van der Waals surface area contributed by atoms with Crippen LogP contribution in [0, 0.1) is 16.0 Å². The highest BCUT2D eigenvalue weighted by Gasteiger charge is 2.37. The third-order valence-electron chi connectivity index (χ3n) is 5.71. The molecule has 180 valence electrons. The first-order chi connectivity index (χ1) is 16.3. The predicted octanol–water partition coefficient (Wildman–Crippen LogP) is 3.26. The average molecular weight is 469 g/mol. The van der Waals surface area contributed by atoms with Crippen molar-refractivity contribution in [2.75, 3.05) is 30.5 Å². The number of nitro benzene ring substituents is 1. The third kappa shape index (κ3) is 5.33. The summed E-state index contributed by atoms with van der Waals surface area (Å²) in [5, 5.41) is 13.6. The number of ether oxygens (including phenoxy) is 2. The SMILES string of the molecule is CCc1cccc(CC)c1N1C[C@H](C(=O)OCC(=O)Nc2cc(OC)ccc2[N+](=O)[O-])CC1=O. The molecule has 0 aromatic heterocycles. The Balaban J connectivity index is 1.64. The molecule has 1 saturated heterocycles. The number of hydrogen-bond donors (Lipinski definition) is 1. The van der Waals surface area contributed by atoms with E-state index in [9.17, 15) is 24.5 Å². The van der Waals surface area contributed by atoms with E-state index >= 15 is 0 Å². The number of anilines is 2. The molecule has 0 saturated carbocycles. The number of methoxy groups -OCH3 is 1. The first kappa shape index (κ1) is 24.7. The van der Waals surface area contributed by atoms with Crippen molar-refractivity contribution in [2.45, 2.75) is 33.1 Å². The summed E-state index contributed by atoms with van der Waals surface area (Å²) >= 11 is 0. The molecule has 0 spiro atoms. The molecule has 34 heavy (non-hydrogen) atoms. The van der Waals surface area contributed by atoms with E-state index in [1.165, 1.54) is 25.3 Å². The Morgan fingerprint density at radius 3 is 2.44 bits per heavy atom. The molecule has 0 unspecified atom stereocenters. The summed E-state index contributed by atoms with van der Waals surface area (Å²) in [6.45, 7) is 3.56. The van der Waals surface area contributed by atoms with Crippen LogP contribution in [0.2, 0.25) is 0 Å². The molecule has 10 heteroatoms. The number of hydrogen-bond acceptors (Lipinski definition) is 7. The monoisotopic (exact) mass is 469 g/mol. The minimum absolute atomic E-state index is 0.0109. The highest BCUT2D eigenvalue weighted by atomic mass is 16.6. The van der Waals surface area contributed by atoms with E-state index in [1.807, 2.05) is 32.0 Å². The second kappa shape index (κ2) is 10.8. The molecule has 2 amide bonds. The Morgan fingerprint density at radius 1 is 1.18 bits per heavy atom. The summed E-state index contributed by atoms with van der Waals surface area (Å²) in [5.74, 6) is -1.97. The molecule has 0 bridgehead atoms. The summed E-state index contributed by atoms with van der Waals surface area (Å²) in [7, 11) is 1.39. The third-order valence-corrected chi connectivity index (χ3v) is 5.71. The molecule has 1 fully saturated rings. The number of carbonyl (C=O) groups is 3. The fourth-order valence-electron chi connectivity index (χ4n) is 3.99. The van der Waals surface area contributed by atoms with Crippen molar-refractivity contribution in [1.82, 2.24) is 0 Å². The summed E-state index contributed by atoms with van der Waals surface area (Å²) in [6, 6.07) is 9.81. The van der Waals surface area contributed by atoms with Crippen LogP contribution in [0.4, 0.5) is 17.1 Å². The van der Waals surface area contributed by atoms with Gasteiger partial charge in [0.1, 0.15) is 11.4 Å². The number of amides is 2. The van der Waals surface area contributed by atoms with Gasteiger partial charge in [-0.25, -0.2) is 0 Å². The van der Waals surface area contributed by atoms with E-state index in [0.717, 1.165) is 29.7 Å². The van der Waals surface area contributed by atoms with Gasteiger partial charge in [-0.05, 0) is 30.0 Å². The van der Waals surface area contributed by atoms with Gasteiger partial charge in [0, 0.05) is 30.8 Å². The number of esters is 1. The molecule has 2 aromatic carbocycles. The van der Waals surface area contributed by atoms with Gasteiger partial charge in [0.05, 0.1) is 18.0 Å². The topological polar surface area (TPSA) is 128 Å². The maximum atomic E-state index is 12.7. The van der Waals surface area contributed by atoms with Crippen molar-refractivity contribution >= 4 is 34.8 Å². The van der Waals surface area contributed by atoms with Crippen LogP contribution >= 0.6 is 0 Å². The van der Waals surface area contributed by atoms with Gasteiger partial charge in [-0.15, -0.1) is 0 Å². The lowest BCUT2D eigenvalue weighted by Crippen LogP contribution is -2.29. The van der Waals surface area contributed by atoms with Crippen LogP contribution in [0.25, 0.3) is 0 Å². The highest BCUT2D eigenvalue weighted by molar-refractivity contribution is 6.01. The Kier molecular flexibility index (Phi) is 7.83. The Morgan fingerprint density at radius 2 is 1.85 bits per heavy atom. The normalized spacial score (nSPS) is 15.2. The number of rotatable bonds is 9. The van der Waals surface area contributed by atoms with E-state index < -0.39 is 29.3 Å². The van der Waals surface area contributed by atoms with Gasteiger partial charge in [-0.2, -0.15) is 0 Å². The zero-order valence-electron chi connectivity index (χ0n) is 19.3. The minimum atomic E-state index is -0.740.